The van der Waals surface area contributed by atoms with Gasteiger partial charge in [-0.2, -0.15) is 0 Å². The largest absolute Gasteiger partial charge is 0.334 e. The Balaban J connectivity index is 1.88. The maximum absolute atomic E-state index is 13.4. The van der Waals surface area contributed by atoms with E-state index in [9.17, 15) is 18.0 Å². The van der Waals surface area contributed by atoms with Crippen molar-refractivity contribution >= 4 is 27.6 Å². The number of carbonyl (C=O) groups is 2. The number of carbonyl (C=O) groups excluding carboxylic acids is 2. The molecule has 3 amide bonds. The van der Waals surface area contributed by atoms with E-state index in [4.69, 9.17) is 0 Å². The average Bonchev–Trinajstić information content (AvgIpc) is 2.71. The number of nitrogens with zero attached hydrogens (tertiary/aromatic N) is 3. The number of urea groups is 1. The Morgan fingerprint density at radius 1 is 0.906 bits per heavy atom. The highest BCUT2D eigenvalue weighted by atomic mass is 32.2. The molecule has 0 aromatic heterocycles. The number of benzene rings is 2. The SMILES string of the molecule is Cc1ccc(S(=O)(=O)N(CC(=O)Nc2cc(C)cc(C)c2)C(=O)N2CCN(C)CC2)cc1. The van der Waals surface area contributed by atoms with Crippen molar-refractivity contribution in [2.75, 3.05) is 45.1 Å². The Labute approximate surface area is 189 Å². The molecule has 0 bridgehead atoms. The van der Waals surface area contributed by atoms with Crippen LogP contribution in [0.5, 0.6) is 0 Å². The van der Waals surface area contributed by atoms with Crippen LogP contribution in [0.15, 0.2) is 47.4 Å². The summed E-state index contributed by atoms with van der Waals surface area (Å²) in [6.07, 6.45) is 0. The lowest BCUT2D eigenvalue weighted by Gasteiger charge is -2.35. The molecule has 1 aliphatic rings. The maximum atomic E-state index is 13.4. The number of hydrogen-bond acceptors (Lipinski definition) is 5. The second kappa shape index (κ2) is 9.70. The molecular formula is C23H30N4O4S. The number of hydrogen-bond donors (Lipinski definition) is 1. The summed E-state index contributed by atoms with van der Waals surface area (Å²) in [5, 5.41) is 2.73. The lowest BCUT2D eigenvalue weighted by Crippen LogP contribution is -2.54. The fourth-order valence-electron chi connectivity index (χ4n) is 3.63. The smallest absolute Gasteiger partial charge is 0.324 e. The van der Waals surface area contributed by atoms with Crippen LogP contribution >= 0.6 is 0 Å². The molecule has 0 spiro atoms. The normalized spacial score (nSPS) is 14.8. The van der Waals surface area contributed by atoms with E-state index in [1.165, 1.54) is 17.0 Å². The summed E-state index contributed by atoms with van der Waals surface area (Å²) in [4.78, 5) is 29.6. The Morgan fingerprint density at radius 3 is 2.03 bits per heavy atom. The van der Waals surface area contributed by atoms with Crippen LogP contribution in [0.25, 0.3) is 0 Å². The Bertz CT molecular complexity index is 1070. The third-order valence-electron chi connectivity index (χ3n) is 5.39. The minimum Gasteiger partial charge on any atom is -0.324 e. The third-order valence-corrected chi connectivity index (χ3v) is 7.12. The van der Waals surface area contributed by atoms with E-state index in [0.717, 1.165) is 16.7 Å². The molecule has 2 aromatic rings. The van der Waals surface area contributed by atoms with E-state index in [1.807, 2.05) is 33.9 Å². The van der Waals surface area contributed by atoms with Gasteiger partial charge in [-0.15, -0.1) is 0 Å². The number of nitrogens with one attached hydrogen (secondary N) is 1. The standard InChI is InChI=1S/C23H30N4O4S/c1-17-5-7-21(8-6-17)32(30,31)27(23(29)26-11-9-25(4)10-12-26)16-22(28)24-20-14-18(2)13-19(3)15-20/h5-8,13-15H,9-12,16H2,1-4H3,(H,24,28). The monoisotopic (exact) mass is 458 g/mol. The summed E-state index contributed by atoms with van der Waals surface area (Å²) in [7, 11) is -2.27. The van der Waals surface area contributed by atoms with E-state index in [2.05, 4.69) is 10.2 Å². The Hall–Kier alpha value is -2.91. The van der Waals surface area contributed by atoms with Gasteiger partial charge in [-0.3, -0.25) is 4.79 Å². The molecule has 0 aliphatic carbocycles. The van der Waals surface area contributed by atoms with Gasteiger partial charge < -0.3 is 15.1 Å². The maximum Gasteiger partial charge on any atom is 0.334 e. The highest BCUT2D eigenvalue weighted by Crippen LogP contribution is 2.20. The number of aryl methyl sites for hydroxylation is 3. The zero-order valence-electron chi connectivity index (χ0n) is 19.0. The first-order valence-corrected chi connectivity index (χ1v) is 12.0. The molecule has 8 nitrogen and oxygen atoms in total. The Kier molecular flexibility index (Phi) is 7.20. The quantitative estimate of drug-likeness (QED) is 0.744. The molecule has 0 atom stereocenters. The van der Waals surface area contributed by atoms with Crippen LogP contribution in [-0.2, 0) is 14.8 Å². The topological polar surface area (TPSA) is 90.0 Å². The number of anilines is 1. The van der Waals surface area contributed by atoms with Crippen molar-refractivity contribution in [2.45, 2.75) is 25.7 Å². The van der Waals surface area contributed by atoms with E-state index < -0.39 is 28.5 Å². The minimum atomic E-state index is -4.22. The molecular weight excluding hydrogens is 428 g/mol. The second-order valence-electron chi connectivity index (χ2n) is 8.32. The van der Waals surface area contributed by atoms with Crippen molar-refractivity contribution in [1.29, 1.82) is 0 Å². The van der Waals surface area contributed by atoms with Crippen LogP contribution in [-0.4, -0.2) is 74.2 Å². The van der Waals surface area contributed by atoms with Crippen molar-refractivity contribution in [3.8, 4) is 0 Å². The van der Waals surface area contributed by atoms with Gasteiger partial charge in [0.2, 0.25) is 5.91 Å². The number of piperazine rings is 1. The number of rotatable bonds is 5. The van der Waals surface area contributed by atoms with Gasteiger partial charge in [-0.05, 0) is 63.2 Å². The van der Waals surface area contributed by atoms with Gasteiger partial charge in [0.25, 0.3) is 10.0 Å². The zero-order valence-corrected chi connectivity index (χ0v) is 19.8. The predicted octanol–water partition coefficient (Wildman–Crippen LogP) is 2.61. The molecule has 32 heavy (non-hydrogen) atoms. The zero-order chi connectivity index (χ0) is 23.5. The van der Waals surface area contributed by atoms with Crippen LogP contribution in [0, 0.1) is 20.8 Å². The van der Waals surface area contributed by atoms with Crippen LogP contribution < -0.4 is 5.32 Å². The summed E-state index contributed by atoms with van der Waals surface area (Å²) < 4.78 is 27.4. The van der Waals surface area contributed by atoms with Crippen LogP contribution in [0.1, 0.15) is 16.7 Å². The van der Waals surface area contributed by atoms with Gasteiger partial charge in [-0.25, -0.2) is 17.5 Å². The molecule has 0 saturated carbocycles. The fraction of sp³-hybridized carbons (Fsp3) is 0.391. The molecule has 2 aromatic carbocycles. The lowest BCUT2D eigenvalue weighted by atomic mass is 10.1. The molecule has 172 valence electrons. The van der Waals surface area contributed by atoms with Gasteiger partial charge in [0.05, 0.1) is 4.90 Å². The summed E-state index contributed by atoms with van der Waals surface area (Å²) >= 11 is 0. The summed E-state index contributed by atoms with van der Waals surface area (Å²) in [6.45, 7) is 7.14. The van der Waals surface area contributed by atoms with Crippen LogP contribution in [0.4, 0.5) is 10.5 Å². The molecule has 1 fully saturated rings. The van der Waals surface area contributed by atoms with Crippen LogP contribution in [0.2, 0.25) is 0 Å². The number of likely N-dealkylation sites (N-methyl/N-ethyl adjacent to an activating group) is 1. The molecule has 3 rings (SSSR count). The van der Waals surface area contributed by atoms with E-state index in [1.54, 1.807) is 24.3 Å². The molecule has 1 saturated heterocycles. The van der Waals surface area contributed by atoms with Crippen molar-refractivity contribution in [1.82, 2.24) is 14.1 Å². The van der Waals surface area contributed by atoms with E-state index in [-0.39, 0.29) is 4.90 Å². The van der Waals surface area contributed by atoms with Crippen LogP contribution in [0.3, 0.4) is 0 Å². The first kappa shape index (κ1) is 23.7. The summed E-state index contributed by atoms with van der Waals surface area (Å²) in [6, 6.07) is 11.1. The third kappa shape index (κ3) is 5.66. The highest BCUT2D eigenvalue weighted by Gasteiger charge is 2.35. The number of amides is 3. The lowest BCUT2D eigenvalue weighted by molar-refractivity contribution is -0.116. The van der Waals surface area contributed by atoms with Crippen molar-refractivity contribution in [2.24, 2.45) is 0 Å². The molecule has 9 heteroatoms. The minimum absolute atomic E-state index is 0.0234. The van der Waals surface area contributed by atoms with Gasteiger partial charge in [0.15, 0.2) is 0 Å². The molecule has 0 unspecified atom stereocenters. The highest BCUT2D eigenvalue weighted by molar-refractivity contribution is 7.89. The first-order chi connectivity index (χ1) is 15.1. The number of sulfonamides is 1. The predicted molar refractivity (Wildman–Crippen MR) is 124 cm³/mol. The van der Waals surface area contributed by atoms with E-state index >= 15 is 0 Å². The van der Waals surface area contributed by atoms with Gasteiger partial charge in [0.1, 0.15) is 6.54 Å². The molecule has 1 aliphatic heterocycles. The van der Waals surface area contributed by atoms with E-state index in [0.29, 0.717) is 36.2 Å². The van der Waals surface area contributed by atoms with Crippen molar-refractivity contribution in [3.05, 3.63) is 59.2 Å². The second-order valence-corrected chi connectivity index (χ2v) is 10.2. The van der Waals surface area contributed by atoms with Crippen molar-refractivity contribution < 1.29 is 18.0 Å². The first-order valence-electron chi connectivity index (χ1n) is 10.5. The van der Waals surface area contributed by atoms with Gasteiger partial charge in [0, 0.05) is 31.9 Å². The van der Waals surface area contributed by atoms with Gasteiger partial charge >= 0.3 is 6.03 Å². The van der Waals surface area contributed by atoms with Gasteiger partial charge in [-0.1, -0.05) is 23.8 Å². The summed E-state index contributed by atoms with van der Waals surface area (Å²) in [5.74, 6) is -0.576. The Morgan fingerprint density at radius 2 is 1.47 bits per heavy atom. The van der Waals surface area contributed by atoms with Crippen molar-refractivity contribution in [3.63, 3.8) is 0 Å². The molecule has 0 radical (unpaired) electrons. The fourth-order valence-corrected chi connectivity index (χ4v) is 4.97. The summed E-state index contributed by atoms with van der Waals surface area (Å²) in [5.41, 5.74) is 3.40. The average molecular weight is 459 g/mol. The molecule has 1 heterocycles. The molecule has 1 N–H and O–H groups in total.